The van der Waals surface area contributed by atoms with Crippen molar-refractivity contribution in [3.63, 3.8) is 0 Å². The molecule has 2 aromatic carbocycles. The highest BCUT2D eigenvalue weighted by Gasteiger charge is 2.24. The number of carbonyl (C=O) groups is 3. The minimum atomic E-state index is -1.13. The van der Waals surface area contributed by atoms with Gasteiger partial charge in [-0.25, -0.2) is 4.79 Å². The number of aliphatic hydroxyl groups is 1. The summed E-state index contributed by atoms with van der Waals surface area (Å²) < 4.78 is 11.6. The lowest BCUT2D eigenvalue weighted by molar-refractivity contribution is -0.143. The molecule has 2 rings (SSSR count). The first kappa shape index (κ1) is 34.7. The lowest BCUT2D eigenvalue weighted by Crippen LogP contribution is -2.44. The monoisotopic (exact) mass is 574 g/mol. The maximum atomic E-state index is 12.8. The predicted molar refractivity (Wildman–Crippen MR) is 159 cm³/mol. The first-order valence-corrected chi connectivity index (χ1v) is 13.3. The topological polar surface area (TPSA) is 134 Å². The number of benzene rings is 2. The van der Waals surface area contributed by atoms with Crippen molar-refractivity contribution in [1.82, 2.24) is 10.6 Å². The standard InChI is InChI=1S/C30H40N2O7.H2S/c1-4-18-31-19-23(33)20-38-25-13-9-8-12-24(25)26(15-14-22-10-6-5-7-11-22)39-28(35)17-16-27(34)32-29(21(2)3)30(36)37;/h5-13,15,21,23,29,31,33H,4,14,16-20H2,1-3H3,(H,32,34)(H,36,37);1H2/b26-15-;/t23?,29-;/m0./s1. The normalized spacial score (nSPS) is 12.7. The summed E-state index contributed by atoms with van der Waals surface area (Å²) in [6.07, 6.45) is 2.05. The molecule has 0 aliphatic carbocycles. The third kappa shape index (κ3) is 12.7. The van der Waals surface area contributed by atoms with Crippen LogP contribution in [0.4, 0.5) is 0 Å². The Bertz CT molecular complexity index is 1090. The molecule has 0 saturated heterocycles. The Balaban J connectivity index is 0.00000800. The van der Waals surface area contributed by atoms with E-state index in [9.17, 15) is 24.6 Å². The van der Waals surface area contributed by atoms with Crippen molar-refractivity contribution in [3.8, 4) is 5.75 Å². The van der Waals surface area contributed by atoms with E-state index in [4.69, 9.17) is 9.47 Å². The molecule has 0 heterocycles. The highest BCUT2D eigenvalue weighted by atomic mass is 32.1. The van der Waals surface area contributed by atoms with Crippen LogP contribution >= 0.6 is 13.5 Å². The van der Waals surface area contributed by atoms with Gasteiger partial charge in [-0.2, -0.15) is 13.5 Å². The second-order valence-electron chi connectivity index (χ2n) is 9.52. The molecule has 2 aromatic rings. The van der Waals surface area contributed by atoms with E-state index in [1.165, 1.54) is 0 Å². The Morgan fingerprint density at radius 1 is 1.00 bits per heavy atom. The van der Waals surface area contributed by atoms with Crippen LogP contribution in [0.25, 0.3) is 5.76 Å². The van der Waals surface area contributed by atoms with Crippen molar-refractivity contribution in [1.29, 1.82) is 0 Å². The van der Waals surface area contributed by atoms with E-state index < -0.39 is 30.0 Å². The van der Waals surface area contributed by atoms with E-state index >= 15 is 0 Å². The summed E-state index contributed by atoms with van der Waals surface area (Å²) in [6, 6.07) is 15.7. The van der Waals surface area contributed by atoms with E-state index in [0.717, 1.165) is 18.5 Å². The zero-order chi connectivity index (χ0) is 28.6. The Labute approximate surface area is 243 Å². The summed E-state index contributed by atoms with van der Waals surface area (Å²) in [5.41, 5.74) is 1.54. The first-order valence-electron chi connectivity index (χ1n) is 13.3. The smallest absolute Gasteiger partial charge is 0.326 e. The summed E-state index contributed by atoms with van der Waals surface area (Å²) in [4.78, 5) is 36.4. The van der Waals surface area contributed by atoms with Crippen molar-refractivity contribution in [2.75, 3.05) is 19.7 Å². The molecule has 4 N–H and O–H groups in total. The van der Waals surface area contributed by atoms with Crippen LogP contribution in [0.15, 0.2) is 60.7 Å². The third-order valence-electron chi connectivity index (χ3n) is 5.79. The fraction of sp³-hybridized carbons (Fsp3) is 0.433. The van der Waals surface area contributed by atoms with Crippen molar-refractivity contribution in [2.24, 2.45) is 5.92 Å². The molecule has 9 nitrogen and oxygen atoms in total. The van der Waals surface area contributed by atoms with Crippen LogP contribution in [0, 0.1) is 5.92 Å². The fourth-order valence-electron chi connectivity index (χ4n) is 3.67. The molecule has 220 valence electrons. The summed E-state index contributed by atoms with van der Waals surface area (Å²) >= 11 is 0. The molecular weight excluding hydrogens is 532 g/mol. The molecule has 1 unspecified atom stereocenters. The van der Waals surface area contributed by atoms with Crippen molar-refractivity contribution in [2.45, 2.75) is 58.6 Å². The van der Waals surface area contributed by atoms with Gasteiger partial charge in [-0.3, -0.25) is 9.59 Å². The number of para-hydroxylation sites is 1. The Hall–Kier alpha value is -3.34. The number of nitrogens with one attached hydrogen (secondary N) is 2. The van der Waals surface area contributed by atoms with Gasteiger partial charge in [-0.15, -0.1) is 0 Å². The number of hydrogen-bond acceptors (Lipinski definition) is 7. The number of esters is 1. The molecule has 0 aliphatic rings. The maximum absolute atomic E-state index is 12.8. The van der Waals surface area contributed by atoms with Gasteiger partial charge in [0, 0.05) is 13.0 Å². The van der Waals surface area contributed by atoms with Crippen molar-refractivity contribution < 1.29 is 34.1 Å². The van der Waals surface area contributed by atoms with E-state index in [1.807, 2.05) is 37.3 Å². The van der Waals surface area contributed by atoms with E-state index in [1.54, 1.807) is 44.2 Å². The number of hydrogen-bond donors (Lipinski definition) is 4. The quantitative estimate of drug-likeness (QED) is 0.128. The molecule has 2 atom stereocenters. The number of amides is 1. The van der Waals surface area contributed by atoms with Gasteiger partial charge in [0.15, 0.2) is 0 Å². The zero-order valence-electron chi connectivity index (χ0n) is 23.4. The van der Waals surface area contributed by atoms with E-state index in [-0.39, 0.29) is 44.6 Å². The van der Waals surface area contributed by atoms with Crippen molar-refractivity contribution >= 4 is 37.1 Å². The number of aliphatic carboxylic acids is 1. The maximum Gasteiger partial charge on any atom is 0.326 e. The molecule has 0 aliphatic heterocycles. The molecule has 0 saturated carbocycles. The first-order chi connectivity index (χ1) is 18.7. The van der Waals surface area contributed by atoms with Gasteiger partial charge in [0.05, 0.1) is 12.0 Å². The number of carboxylic acid groups (broad SMARTS) is 1. The zero-order valence-corrected chi connectivity index (χ0v) is 24.4. The number of allylic oxidation sites excluding steroid dienone is 1. The van der Waals surface area contributed by atoms with Crippen molar-refractivity contribution in [3.05, 3.63) is 71.8 Å². The van der Waals surface area contributed by atoms with Gasteiger partial charge in [-0.1, -0.05) is 63.2 Å². The van der Waals surface area contributed by atoms with Crippen LogP contribution in [0.1, 0.15) is 51.2 Å². The number of ether oxygens (including phenoxy) is 2. The molecule has 0 bridgehead atoms. The van der Waals surface area contributed by atoms with E-state index in [0.29, 0.717) is 24.3 Å². The molecule has 1 amide bonds. The largest absolute Gasteiger partial charge is 0.490 e. The summed E-state index contributed by atoms with van der Waals surface area (Å²) in [5.74, 6) is -1.91. The average Bonchev–Trinajstić information content (AvgIpc) is 2.92. The minimum Gasteiger partial charge on any atom is -0.490 e. The summed E-state index contributed by atoms with van der Waals surface area (Å²) in [5, 5.41) is 25.1. The van der Waals surface area contributed by atoms with Crippen LogP contribution < -0.4 is 15.4 Å². The molecule has 0 fully saturated rings. The van der Waals surface area contributed by atoms with Gasteiger partial charge >= 0.3 is 11.9 Å². The van der Waals surface area contributed by atoms with Gasteiger partial charge < -0.3 is 30.3 Å². The minimum absolute atomic E-state index is 0. The van der Waals surface area contributed by atoms with Gasteiger partial charge in [0.2, 0.25) is 5.91 Å². The average molecular weight is 575 g/mol. The third-order valence-corrected chi connectivity index (χ3v) is 5.79. The number of aliphatic hydroxyl groups excluding tert-OH is 1. The summed E-state index contributed by atoms with van der Waals surface area (Å²) in [6.45, 7) is 6.66. The highest BCUT2D eigenvalue weighted by Crippen LogP contribution is 2.28. The Morgan fingerprint density at radius 2 is 1.68 bits per heavy atom. The lowest BCUT2D eigenvalue weighted by atomic mass is 10.0. The molecule has 0 radical (unpaired) electrons. The van der Waals surface area contributed by atoms with Crippen LogP contribution in [-0.4, -0.2) is 59.9 Å². The Kier molecular flexibility index (Phi) is 16.4. The van der Waals surface area contributed by atoms with E-state index in [2.05, 4.69) is 10.6 Å². The second kappa shape index (κ2) is 18.9. The fourth-order valence-corrected chi connectivity index (χ4v) is 3.67. The number of carbonyl (C=O) groups excluding carboxylic acids is 2. The van der Waals surface area contributed by atoms with Gasteiger partial charge in [0.1, 0.15) is 30.3 Å². The SMILES string of the molecule is CCCNCC(O)COc1ccccc1/C(=C/Cc1ccccc1)OC(=O)CCC(=O)N[C@H](C(=O)O)C(C)C.S. The number of carboxylic acids is 1. The molecule has 0 aromatic heterocycles. The van der Waals surface area contributed by atoms with Crippen LogP contribution in [-0.2, 0) is 25.5 Å². The summed E-state index contributed by atoms with van der Waals surface area (Å²) in [7, 11) is 0. The predicted octanol–water partition coefficient (Wildman–Crippen LogP) is 3.67. The Morgan fingerprint density at radius 3 is 2.33 bits per heavy atom. The van der Waals surface area contributed by atoms with Crippen LogP contribution in [0.5, 0.6) is 5.75 Å². The van der Waals surface area contributed by atoms with Crippen LogP contribution in [0.2, 0.25) is 0 Å². The van der Waals surface area contributed by atoms with Gasteiger partial charge in [-0.05, 0) is 49.1 Å². The van der Waals surface area contributed by atoms with Gasteiger partial charge in [0.25, 0.3) is 0 Å². The molecule has 0 spiro atoms. The molecule has 10 heteroatoms. The van der Waals surface area contributed by atoms with Crippen LogP contribution in [0.3, 0.4) is 0 Å². The lowest BCUT2D eigenvalue weighted by Gasteiger charge is -2.18. The highest BCUT2D eigenvalue weighted by molar-refractivity contribution is 7.59. The molecule has 40 heavy (non-hydrogen) atoms. The number of rotatable bonds is 17. The molecular formula is C30H42N2O7S. The second-order valence-corrected chi connectivity index (χ2v) is 9.52.